The first kappa shape index (κ1) is 19.7. The molecule has 1 heterocycles. The summed E-state index contributed by atoms with van der Waals surface area (Å²) >= 11 is -0.444. The van der Waals surface area contributed by atoms with E-state index in [1.165, 1.54) is 18.9 Å². The fraction of sp³-hybridized carbons (Fsp3) is 0.529. The molecule has 3 aliphatic rings. The molecular formula is C17H24Cl2SiZr. The summed E-state index contributed by atoms with van der Waals surface area (Å²) in [5.74, 6) is 0. The third-order valence-corrected chi connectivity index (χ3v) is 16.4. The van der Waals surface area contributed by atoms with Crippen molar-refractivity contribution >= 4 is 8.07 Å². The molecule has 0 aromatic rings. The van der Waals surface area contributed by atoms with Crippen molar-refractivity contribution in [2.75, 3.05) is 0 Å². The van der Waals surface area contributed by atoms with E-state index >= 15 is 0 Å². The quantitative estimate of drug-likeness (QED) is 0.522. The predicted molar refractivity (Wildman–Crippen MR) is 82.3 cm³/mol. The molecule has 2 aliphatic carbocycles. The van der Waals surface area contributed by atoms with Crippen LogP contribution in [-0.2, 0) is 23.2 Å². The maximum Gasteiger partial charge on any atom is -1.00 e. The Morgan fingerprint density at radius 1 is 0.905 bits per heavy atom. The molecule has 21 heavy (non-hydrogen) atoms. The number of hydrogen-bond donors (Lipinski definition) is 0. The van der Waals surface area contributed by atoms with Gasteiger partial charge in [-0.2, -0.15) is 0 Å². The Balaban J connectivity index is 0.00000110. The van der Waals surface area contributed by atoms with Crippen LogP contribution in [0.25, 0.3) is 0 Å². The molecule has 114 valence electrons. The van der Waals surface area contributed by atoms with Crippen LogP contribution in [0.3, 0.4) is 0 Å². The van der Waals surface area contributed by atoms with E-state index in [0.29, 0.717) is 0 Å². The number of halogens is 2. The van der Waals surface area contributed by atoms with Gasteiger partial charge in [-0.15, -0.1) is 0 Å². The first-order valence-electron chi connectivity index (χ1n) is 7.61. The van der Waals surface area contributed by atoms with Gasteiger partial charge in [-0.3, -0.25) is 0 Å². The second kappa shape index (κ2) is 7.47. The van der Waals surface area contributed by atoms with Crippen molar-refractivity contribution in [1.82, 2.24) is 0 Å². The Labute approximate surface area is 154 Å². The molecular weight excluding hydrogens is 394 g/mol. The fourth-order valence-corrected chi connectivity index (χ4v) is 15.7. The van der Waals surface area contributed by atoms with Crippen molar-refractivity contribution in [1.29, 1.82) is 0 Å². The normalized spacial score (nSPS) is 21.4. The van der Waals surface area contributed by atoms with Crippen molar-refractivity contribution < 1.29 is 48.0 Å². The largest absolute Gasteiger partial charge is 1.00 e. The smallest absolute Gasteiger partial charge is 1.00 e. The van der Waals surface area contributed by atoms with Crippen molar-refractivity contribution in [2.45, 2.75) is 57.7 Å². The van der Waals surface area contributed by atoms with E-state index in [1.54, 1.807) is 5.57 Å². The van der Waals surface area contributed by atoms with Crippen LogP contribution < -0.4 is 24.8 Å². The van der Waals surface area contributed by atoms with Crippen molar-refractivity contribution in [2.24, 2.45) is 0 Å². The SMILES string of the molecule is CC(C)[Si]1(C(C)C)CC2=[C](CC=C2)[Zr+2][C]2=C1C=CC2.[Cl-].[Cl-]. The van der Waals surface area contributed by atoms with E-state index < -0.39 is 31.3 Å². The first-order chi connectivity index (χ1) is 9.05. The molecule has 0 saturated carbocycles. The van der Waals surface area contributed by atoms with E-state index in [-0.39, 0.29) is 24.8 Å². The van der Waals surface area contributed by atoms with Gasteiger partial charge in [0.15, 0.2) is 0 Å². The van der Waals surface area contributed by atoms with E-state index in [0.717, 1.165) is 11.1 Å². The van der Waals surface area contributed by atoms with Gasteiger partial charge >= 0.3 is 131 Å². The maximum absolute atomic E-state index is 2.55. The molecule has 0 saturated heterocycles. The van der Waals surface area contributed by atoms with E-state index in [1.807, 2.05) is 11.8 Å². The minimum Gasteiger partial charge on any atom is -1.00 e. The second-order valence-corrected chi connectivity index (χ2v) is 15.6. The fourth-order valence-electron chi connectivity index (χ4n) is 4.20. The second-order valence-electron chi connectivity index (χ2n) is 6.76. The van der Waals surface area contributed by atoms with Crippen molar-refractivity contribution in [3.63, 3.8) is 0 Å². The summed E-state index contributed by atoms with van der Waals surface area (Å²) in [6.07, 6.45) is 12.5. The third-order valence-electron chi connectivity index (χ3n) is 5.31. The molecule has 0 N–H and O–H groups in total. The molecule has 0 spiro atoms. The molecule has 3 rings (SSSR count). The molecule has 0 unspecified atom stereocenters. The third kappa shape index (κ3) is 3.16. The summed E-state index contributed by atoms with van der Waals surface area (Å²) in [7, 11) is -1.38. The maximum atomic E-state index is 2.55. The van der Waals surface area contributed by atoms with Crippen LogP contribution >= 0.6 is 0 Å². The number of allylic oxidation sites excluding steroid dienone is 8. The Morgan fingerprint density at radius 2 is 1.48 bits per heavy atom. The monoisotopic (exact) mass is 416 g/mol. The van der Waals surface area contributed by atoms with Gasteiger partial charge in [-0.25, -0.2) is 0 Å². The Hall–Kier alpha value is 0.640. The van der Waals surface area contributed by atoms with Gasteiger partial charge in [-0.1, -0.05) is 0 Å². The van der Waals surface area contributed by atoms with Gasteiger partial charge in [0.25, 0.3) is 0 Å². The van der Waals surface area contributed by atoms with Crippen molar-refractivity contribution in [3.8, 4) is 0 Å². The van der Waals surface area contributed by atoms with Crippen LogP contribution in [-0.4, -0.2) is 8.07 Å². The zero-order valence-electron chi connectivity index (χ0n) is 13.3. The van der Waals surface area contributed by atoms with Gasteiger partial charge in [0.2, 0.25) is 0 Å². The molecule has 0 fully saturated rings. The van der Waals surface area contributed by atoms with Crippen LogP contribution in [0.4, 0.5) is 0 Å². The minimum absolute atomic E-state index is 0. The molecule has 1 aliphatic heterocycles. The van der Waals surface area contributed by atoms with Crippen LogP contribution in [0, 0.1) is 0 Å². The summed E-state index contributed by atoms with van der Waals surface area (Å²) in [6.45, 7) is 9.99. The van der Waals surface area contributed by atoms with Gasteiger partial charge < -0.3 is 24.8 Å². The van der Waals surface area contributed by atoms with Gasteiger partial charge in [-0.05, 0) is 0 Å². The van der Waals surface area contributed by atoms with Crippen molar-refractivity contribution in [3.05, 3.63) is 41.6 Å². The van der Waals surface area contributed by atoms with Crippen LogP contribution in [0.1, 0.15) is 40.5 Å². The van der Waals surface area contributed by atoms with E-state index in [9.17, 15) is 0 Å². The minimum atomic E-state index is -1.38. The average molecular weight is 419 g/mol. The summed E-state index contributed by atoms with van der Waals surface area (Å²) in [4.78, 5) is 0. The standard InChI is InChI=1S/C17H24Si.2ClH.Zr/c1-14(2)18(15(3)4,17-11-7-8-12-17)13-16-9-5-6-10-16;;;/h5,7,9,11,14-15H,6,8,13H2,1-4H3;2*1H;/q;;;+2/p-2. The topological polar surface area (TPSA) is 0 Å². The first-order valence-corrected chi connectivity index (χ1v) is 12.4. The van der Waals surface area contributed by atoms with Gasteiger partial charge in [0.05, 0.1) is 0 Å². The molecule has 0 radical (unpaired) electrons. The predicted octanol–water partition coefficient (Wildman–Crippen LogP) is -0.673. The zero-order valence-corrected chi connectivity index (χ0v) is 18.3. The van der Waals surface area contributed by atoms with E-state index in [4.69, 9.17) is 0 Å². The Kier molecular flexibility index (Phi) is 7.01. The Morgan fingerprint density at radius 3 is 2.10 bits per heavy atom. The molecule has 0 atom stereocenters. The summed E-state index contributed by atoms with van der Waals surface area (Å²) in [6, 6.07) is 1.43. The molecule has 0 bridgehead atoms. The average Bonchev–Trinajstić information content (AvgIpc) is 2.94. The molecule has 4 heteroatoms. The van der Waals surface area contributed by atoms with Gasteiger partial charge in [0, 0.05) is 0 Å². The molecule has 0 aromatic carbocycles. The molecule has 0 nitrogen and oxygen atoms in total. The summed E-state index contributed by atoms with van der Waals surface area (Å²) < 4.78 is 3.84. The number of rotatable bonds is 2. The van der Waals surface area contributed by atoms with E-state index in [2.05, 4.69) is 52.0 Å². The van der Waals surface area contributed by atoms with Crippen LogP contribution in [0.15, 0.2) is 41.6 Å². The number of hydrogen-bond acceptors (Lipinski definition) is 0. The van der Waals surface area contributed by atoms with Crippen LogP contribution in [0.2, 0.25) is 17.1 Å². The molecule has 0 aromatic heterocycles. The summed E-state index contributed by atoms with van der Waals surface area (Å²) in [5, 5.41) is 1.90. The van der Waals surface area contributed by atoms with Crippen LogP contribution in [0.5, 0.6) is 0 Å². The van der Waals surface area contributed by atoms with Gasteiger partial charge in [0.1, 0.15) is 0 Å². The summed E-state index contributed by atoms with van der Waals surface area (Å²) in [5.41, 5.74) is 3.50. The Bertz CT molecular complexity index is 519. The molecule has 0 amide bonds. The zero-order chi connectivity index (χ0) is 13.6.